The molecule has 5 rings (SSSR count). The molecular weight excluding hydrogens is 588 g/mol. The Morgan fingerprint density at radius 3 is 2.64 bits per heavy atom. The van der Waals surface area contributed by atoms with Crippen molar-refractivity contribution in [2.24, 2.45) is 0 Å². The van der Waals surface area contributed by atoms with Gasteiger partial charge in [-0.25, -0.2) is 13.6 Å². The highest BCUT2D eigenvalue weighted by Gasteiger charge is 2.43. The molecule has 2 aromatic carbocycles. The predicted molar refractivity (Wildman–Crippen MR) is 146 cm³/mol. The summed E-state index contributed by atoms with van der Waals surface area (Å²) in [5.74, 6) is -3.48. The Hall–Kier alpha value is -5.18. The first-order valence-electron chi connectivity index (χ1n) is 13.4. The van der Waals surface area contributed by atoms with Gasteiger partial charge in [-0.2, -0.15) is 0 Å². The highest BCUT2D eigenvalue weighted by molar-refractivity contribution is 6.00. The molecule has 0 aliphatic carbocycles. The maximum atomic E-state index is 14.1. The average molecular weight is 614 g/mol. The number of nitro benzene ring substituents is 1. The molecule has 0 N–H and O–H groups in total. The standard InChI is InChI=1S/C29H25F2N3O10/c1-15-9-19(34(39)40)6-8-23(15)44-29(38)43-14-42-27-25-28(37)33-16(2)13-41-24(33)12-32(25)11-20(26(27)36)22(35)7-4-17-3-5-18(30)10-21(17)31/h3,5-6,8-11,16,24H,4,7,12-14H2,1-2H3/t16-,24+/m0/s1. The van der Waals surface area contributed by atoms with Crippen LogP contribution in [-0.4, -0.2) is 57.9 Å². The highest BCUT2D eigenvalue weighted by atomic mass is 19.1. The second-order valence-corrected chi connectivity index (χ2v) is 10.2. The number of amides is 1. The zero-order chi connectivity index (χ0) is 31.7. The minimum atomic E-state index is -1.27. The number of nitro groups is 1. The van der Waals surface area contributed by atoms with E-state index in [1.165, 1.54) is 40.8 Å². The molecule has 2 atom stereocenters. The summed E-state index contributed by atoms with van der Waals surface area (Å²) in [5.41, 5.74) is -1.36. The van der Waals surface area contributed by atoms with E-state index in [4.69, 9.17) is 18.9 Å². The maximum Gasteiger partial charge on any atom is 0.516 e. The Kier molecular flexibility index (Phi) is 8.40. The number of carbonyl (C=O) groups excluding carboxylic acids is 3. The third-order valence-electron chi connectivity index (χ3n) is 7.22. The van der Waals surface area contributed by atoms with Crippen molar-refractivity contribution in [1.82, 2.24) is 9.47 Å². The fourth-order valence-electron chi connectivity index (χ4n) is 5.02. The van der Waals surface area contributed by atoms with E-state index >= 15 is 0 Å². The van der Waals surface area contributed by atoms with Gasteiger partial charge in [-0.15, -0.1) is 0 Å². The van der Waals surface area contributed by atoms with Crippen molar-refractivity contribution >= 4 is 23.5 Å². The number of rotatable bonds is 9. The van der Waals surface area contributed by atoms with Crippen molar-refractivity contribution in [3.8, 4) is 11.5 Å². The van der Waals surface area contributed by atoms with Gasteiger partial charge >= 0.3 is 6.16 Å². The van der Waals surface area contributed by atoms with Crippen LogP contribution in [0.1, 0.15) is 45.3 Å². The maximum absolute atomic E-state index is 14.1. The summed E-state index contributed by atoms with van der Waals surface area (Å²) in [6.07, 6.45) is -1.16. The van der Waals surface area contributed by atoms with Crippen LogP contribution in [0.15, 0.2) is 47.4 Å². The number of benzene rings is 2. The van der Waals surface area contributed by atoms with E-state index in [2.05, 4.69) is 0 Å². The number of non-ortho nitro benzene ring substituents is 1. The predicted octanol–water partition coefficient (Wildman–Crippen LogP) is 3.91. The quantitative estimate of drug-likeness (QED) is 0.0866. The Bertz CT molecular complexity index is 1740. The number of carbonyl (C=O) groups is 3. The number of hydrogen-bond acceptors (Lipinski definition) is 10. The first-order valence-corrected chi connectivity index (χ1v) is 13.4. The number of hydrogen-bond donors (Lipinski definition) is 0. The number of fused-ring (bicyclic) bond motifs is 2. The number of ketones is 1. The molecule has 0 bridgehead atoms. The van der Waals surface area contributed by atoms with Crippen LogP contribution >= 0.6 is 0 Å². The molecule has 0 spiro atoms. The Labute approximate surface area is 247 Å². The van der Waals surface area contributed by atoms with Crippen molar-refractivity contribution in [2.75, 3.05) is 13.4 Å². The lowest BCUT2D eigenvalue weighted by atomic mass is 10.0. The summed E-state index contributed by atoms with van der Waals surface area (Å²) < 4.78 is 49.9. The fraction of sp³-hybridized carbons (Fsp3) is 0.310. The second kappa shape index (κ2) is 12.2. The zero-order valence-electron chi connectivity index (χ0n) is 23.4. The van der Waals surface area contributed by atoms with Crippen LogP contribution in [0.3, 0.4) is 0 Å². The van der Waals surface area contributed by atoms with Gasteiger partial charge in [0.1, 0.15) is 17.4 Å². The van der Waals surface area contributed by atoms with Crippen molar-refractivity contribution in [3.63, 3.8) is 0 Å². The smallest absolute Gasteiger partial charge is 0.451 e. The lowest BCUT2D eigenvalue weighted by molar-refractivity contribution is -0.384. The Morgan fingerprint density at radius 2 is 1.93 bits per heavy atom. The van der Waals surface area contributed by atoms with E-state index in [0.717, 1.165) is 12.1 Å². The molecule has 0 unspecified atom stereocenters. The molecule has 2 aliphatic rings. The number of aryl methyl sites for hydroxylation is 2. The number of aromatic nitrogens is 1. The molecular formula is C29H25F2N3O10. The van der Waals surface area contributed by atoms with Crippen LogP contribution in [0.5, 0.6) is 11.5 Å². The van der Waals surface area contributed by atoms with Gasteiger partial charge in [0.25, 0.3) is 11.6 Å². The van der Waals surface area contributed by atoms with Crippen LogP contribution < -0.4 is 14.9 Å². The molecule has 15 heteroatoms. The molecule has 2 aliphatic heterocycles. The van der Waals surface area contributed by atoms with Crippen LogP contribution in [0.4, 0.5) is 19.3 Å². The number of pyridine rings is 1. The SMILES string of the molecule is Cc1cc([N+](=O)[O-])ccc1OC(=O)OCOc1c2n(cc(C(=O)CCc3ccc(F)cc3F)c1=O)C[C@H]1OC[C@H](C)N1C2=O. The van der Waals surface area contributed by atoms with Gasteiger partial charge < -0.3 is 28.4 Å². The molecule has 230 valence electrons. The van der Waals surface area contributed by atoms with E-state index in [1.54, 1.807) is 6.92 Å². The van der Waals surface area contributed by atoms with Crippen molar-refractivity contribution in [1.29, 1.82) is 0 Å². The number of halogens is 2. The minimum Gasteiger partial charge on any atom is -0.451 e. The van der Waals surface area contributed by atoms with Gasteiger partial charge in [-0.3, -0.25) is 24.5 Å². The molecule has 13 nitrogen and oxygen atoms in total. The second-order valence-electron chi connectivity index (χ2n) is 10.2. The minimum absolute atomic E-state index is 0.0209. The van der Waals surface area contributed by atoms with E-state index in [1.807, 2.05) is 0 Å². The molecule has 44 heavy (non-hydrogen) atoms. The van der Waals surface area contributed by atoms with Gasteiger partial charge in [-0.1, -0.05) is 6.07 Å². The van der Waals surface area contributed by atoms with E-state index < -0.39 is 58.6 Å². The van der Waals surface area contributed by atoms with Gasteiger partial charge in [0, 0.05) is 30.8 Å². The topological polar surface area (TPSA) is 157 Å². The van der Waals surface area contributed by atoms with Gasteiger partial charge in [-0.05, 0) is 43.5 Å². The third-order valence-corrected chi connectivity index (χ3v) is 7.22. The van der Waals surface area contributed by atoms with E-state index in [-0.39, 0.29) is 65.9 Å². The van der Waals surface area contributed by atoms with E-state index in [0.29, 0.717) is 6.07 Å². The summed E-state index contributed by atoms with van der Waals surface area (Å²) in [7, 11) is 0. The van der Waals surface area contributed by atoms with Gasteiger partial charge in [0.05, 0.1) is 29.7 Å². The largest absolute Gasteiger partial charge is 0.516 e. The lowest BCUT2D eigenvalue weighted by Crippen LogP contribution is -2.49. The molecule has 3 aromatic rings. The summed E-state index contributed by atoms with van der Waals surface area (Å²) in [5, 5.41) is 10.9. The normalized spacial score (nSPS) is 17.1. The number of ether oxygens (including phenoxy) is 4. The first-order chi connectivity index (χ1) is 20.9. The molecule has 0 radical (unpaired) electrons. The third kappa shape index (κ3) is 5.99. The first kappa shape index (κ1) is 30.3. The molecule has 1 aromatic heterocycles. The molecule has 1 saturated heterocycles. The molecule has 1 amide bonds. The molecule has 0 saturated carbocycles. The summed E-state index contributed by atoms with van der Waals surface area (Å²) in [4.78, 5) is 64.2. The van der Waals surface area contributed by atoms with E-state index in [9.17, 15) is 38.1 Å². The molecule has 1 fully saturated rings. The van der Waals surface area contributed by atoms with Crippen LogP contribution in [0, 0.1) is 28.7 Å². The van der Waals surface area contributed by atoms with Gasteiger partial charge in [0.15, 0.2) is 17.7 Å². The number of nitrogens with zero attached hydrogens (tertiary/aromatic N) is 3. The average Bonchev–Trinajstić information content (AvgIpc) is 3.34. The lowest BCUT2D eigenvalue weighted by Gasteiger charge is -2.34. The summed E-state index contributed by atoms with van der Waals surface area (Å²) in [6.45, 7) is 2.66. The van der Waals surface area contributed by atoms with Crippen LogP contribution in [-0.2, 0) is 22.4 Å². The van der Waals surface area contributed by atoms with Crippen molar-refractivity contribution < 1.29 is 47.0 Å². The molecule has 3 heterocycles. The Morgan fingerprint density at radius 1 is 1.16 bits per heavy atom. The fourth-order valence-corrected chi connectivity index (χ4v) is 5.02. The van der Waals surface area contributed by atoms with Crippen LogP contribution in [0.2, 0.25) is 0 Å². The van der Waals surface area contributed by atoms with Crippen LogP contribution in [0.25, 0.3) is 0 Å². The van der Waals surface area contributed by atoms with Crippen molar-refractivity contribution in [3.05, 3.63) is 97.0 Å². The number of Topliss-reactive ketones (excluding diaryl/α,β-unsaturated/α-hetero) is 1. The summed E-state index contributed by atoms with van der Waals surface area (Å²) in [6, 6.07) is 6.17. The monoisotopic (exact) mass is 613 g/mol. The zero-order valence-corrected chi connectivity index (χ0v) is 23.4. The van der Waals surface area contributed by atoms with Crippen molar-refractivity contribution in [2.45, 2.75) is 45.5 Å². The summed E-state index contributed by atoms with van der Waals surface area (Å²) >= 11 is 0. The Balaban J connectivity index is 1.37. The van der Waals surface area contributed by atoms with Gasteiger partial charge in [0.2, 0.25) is 18.0 Å². The highest BCUT2D eigenvalue weighted by Crippen LogP contribution is 2.30.